The Morgan fingerprint density at radius 2 is 2.00 bits per heavy atom. The first-order valence-corrected chi connectivity index (χ1v) is 7.01. The molecule has 3 rings (SSSR count). The Morgan fingerprint density at radius 1 is 1.18 bits per heavy atom. The third-order valence-corrected chi connectivity index (χ3v) is 3.55. The lowest BCUT2D eigenvalue weighted by Crippen LogP contribution is -2.31. The zero-order valence-electron chi connectivity index (χ0n) is 11.9. The highest BCUT2D eigenvalue weighted by Gasteiger charge is 2.23. The van der Waals surface area contributed by atoms with Crippen LogP contribution < -0.4 is 15.2 Å². The Labute approximate surface area is 127 Å². The van der Waals surface area contributed by atoms with Crippen LogP contribution >= 0.6 is 0 Å². The maximum atomic E-state index is 10.8. The maximum absolute atomic E-state index is 10.8. The molecule has 2 aromatic carbocycles. The largest absolute Gasteiger partial charge is 0.486 e. The molecule has 0 bridgehead atoms. The third-order valence-electron chi connectivity index (χ3n) is 3.55. The van der Waals surface area contributed by atoms with Gasteiger partial charge in [-0.05, 0) is 17.2 Å². The average Bonchev–Trinajstić information content (AvgIpc) is 2.54. The molecule has 6 heteroatoms. The summed E-state index contributed by atoms with van der Waals surface area (Å²) in [6, 6.07) is 12.3. The number of benzene rings is 2. The van der Waals surface area contributed by atoms with Crippen molar-refractivity contribution in [3.05, 3.63) is 63.7 Å². The molecule has 0 saturated heterocycles. The van der Waals surface area contributed by atoms with Gasteiger partial charge in [0.2, 0.25) is 0 Å². The van der Waals surface area contributed by atoms with Crippen LogP contribution in [0.2, 0.25) is 0 Å². The Hall–Kier alpha value is -2.60. The third kappa shape index (κ3) is 3.01. The van der Waals surface area contributed by atoms with Crippen molar-refractivity contribution in [2.24, 2.45) is 5.73 Å². The van der Waals surface area contributed by atoms with Crippen molar-refractivity contribution in [2.75, 3.05) is 6.61 Å². The minimum absolute atomic E-state index is 0.00636. The van der Waals surface area contributed by atoms with Crippen LogP contribution in [0.5, 0.6) is 11.5 Å². The summed E-state index contributed by atoms with van der Waals surface area (Å²) in [5.41, 5.74) is 7.80. The van der Waals surface area contributed by atoms with Crippen LogP contribution in [0.25, 0.3) is 0 Å². The maximum Gasteiger partial charge on any atom is 0.273 e. The van der Waals surface area contributed by atoms with Gasteiger partial charge in [0.1, 0.15) is 12.7 Å². The van der Waals surface area contributed by atoms with Gasteiger partial charge in [0.25, 0.3) is 5.69 Å². The van der Waals surface area contributed by atoms with Crippen molar-refractivity contribution in [2.45, 2.75) is 19.1 Å². The van der Waals surface area contributed by atoms with Crippen molar-refractivity contribution in [3.63, 3.8) is 0 Å². The molecule has 1 aliphatic rings. The zero-order chi connectivity index (χ0) is 15.5. The van der Waals surface area contributed by atoms with Crippen molar-refractivity contribution < 1.29 is 14.4 Å². The molecular weight excluding hydrogens is 284 g/mol. The molecule has 0 unspecified atom stereocenters. The highest BCUT2D eigenvalue weighted by molar-refractivity contribution is 5.49. The molecule has 6 nitrogen and oxygen atoms in total. The van der Waals surface area contributed by atoms with Gasteiger partial charge in [0, 0.05) is 19.0 Å². The summed E-state index contributed by atoms with van der Waals surface area (Å²) >= 11 is 0. The summed E-state index contributed by atoms with van der Waals surface area (Å²) < 4.78 is 11.5. The number of rotatable bonds is 4. The first kappa shape index (κ1) is 14.3. The molecular formula is C16H16N2O4. The minimum atomic E-state index is -0.446. The van der Waals surface area contributed by atoms with E-state index in [-0.39, 0.29) is 11.8 Å². The monoisotopic (exact) mass is 300 g/mol. The van der Waals surface area contributed by atoms with E-state index in [0.717, 1.165) is 11.1 Å². The van der Waals surface area contributed by atoms with Crippen LogP contribution in [-0.4, -0.2) is 17.6 Å². The SMILES string of the molecule is NCc1cccc(C[C@H]2COc3ccc([N+](=O)[O-])cc3O2)c1. The van der Waals surface area contributed by atoms with Gasteiger partial charge < -0.3 is 15.2 Å². The van der Waals surface area contributed by atoms with Gasteiger partial charge >= 0.3 is 0 Å². The Bertz CT molecular complexity index is 702. The van der Waals surface area contributed by atoms with E-state index in [9.17, 15) is 10.1 Å². The summed E-state index contributed by atoms with van der Waals surface area (Å²) in [5.74, 6) is 0.956. The predicted molar refractivity (Wildman–Crippen MR) is 81.0 cm³/mol. The van der Waals surface area contributed by atoms with Crippen LogP contribution in [0.1, 0.15) is 11.1 Å². The Balaban J connectivity index is 1.75. The normalized spacial score (nSPS) is 16.3. The number of nitrogens with zero attached hydrogens (tertiary/aromatic N) is 1. The van der Waals surface area contributed by atoms with Gasteiger partial charge in [-0.15, -0.1) is 0 Å². The van der Waals surface area contributed by atoms with E-state index < -0.39 is 4.92 Å². The first-order chi connectivity index (χ1) is 10.7. The summed E-state index contributed by atoms with van der Waals surface area (Å²) in [7, 11) is 0. The lowest BCUT2D eigenvalue weighted by atomic mass is 10.0. The molecule has 1 atom stereocenters. The number of nitrogens with two attached hydrogens (primary N) is 1. The van der Waals surface area contributed by atoms with Crippen LogP contribution in [0.3, 0.4) is 0 Å². The van der Waals surface area contributed by atoms with E-state index in [1.54, 1.807) is 6.07 Å². The molecule has 0 aliphatic carbocycles. The van der Waals surface area contributed by atoms with Gasteiger partial charge in [-0.25, -0.2) is 0 Å². The molecule has 1 heterocycles. The number of nitro groups is 1. The predicted octanol–water partition coefficient (Wildman–Crippen LogP) is 2.44. The number of ether oxygens (including phenoxy) is 2. The smallest absolute Gasteiger partial charge is 0.273 e. The number of fused-ring (bicyclic) bond motifs is 1. The second-order valence-electron chi connectivity index (χ2n) is 5.17. The molecule has 0 spiro atoms. The fourth-order valence-corrected chi connectivity index (χ4v) is 2.47. The zero-order valence-corrected chi connectivity index (χ0v) is 11.9. The van der Waals surface area contributed by atoms with Crippen LogP contribution in [0.4, 0.5) is 5.69 Å². The summed E-state index contributed by atoms with van der Waals surface area (Å²) in [4.78, 5) is 10.4. The number of non-ortho nitro benzene ring substituents is 1. The van der Waals surface area contributed by atoms with Crippen molar-refractivity contribution in [3.8, 4) is 11.5 Å². The van der Waals surface area contributed by atoms with Gasteiger partial charge in [-0.2, -0.15) is 0 Å². The van der Waals surface area contributed by atoms with E-state index in [0.29, 0.717) is 31.1 Å². The van der Waals surface area contributed by atoms with E-state index in [2.05, 4.69) is 0 Å². The van der Waals surface area contributed by atoms with Gasteiger partial charge in [-0.1, -0.05) is 24.3 Å². The van der Waals surface area contributed by atoms with E-state index >= 15 is 0 Å². The average molecular weight is 300 g/mol. The Kier molecular flexibility index (Phi) is 3.93. The van der Waals surface area contributed by atoms with Crippen molar-refractivity contribution in [1.82, 2.24) is 0 Å². The molecule has 2 N–H and O–H groups in total. The second-order valence-corrected chi connectivity index (χ2v) is 5.17. The quantitative estimate of drug-likeness (QED) is 0.692. The number of nitro benzene ring substituents is 1. The van der Waals surface area contributed by atoms with Crippen molar-refractivity contribution >= 4 is 5.69 Å². The lowest BCUT2D eigenvalue weighted by molar-refractivity contribution is -0.385. The highest BCUT2D eigenvalue weighted by atomic mass is 16.6. The van der Waals surface area contributed by atoms with Crippen LogP contribution in [0.15, 0.2) is 42.5 Å². The standard InChI is InChI=1S/C16H16N2O4/c17-9-12-3-1-2-11(6-12)7-14-10-21-15-5-4-13(18(19)20)8-16(15)22-14/h1-6,8,14H,7,9-10,17H2/t14-/m0/s1. The number of hydrogen-bond donors (Lipinski definition) is 1. The lowest BCUT2D eigenvalue weighted by Gasteiger charge is -2.26. The summed E-state index contributed by atoms with van der Waals surface area (Å²) in [6.07, 6.45) is 0.484. The molecule has 0 saturated carbocycles. The fourth-order valence-electron chi connectivity index (χ4n) is 2.47. The van der Waals surface area contributed by atoms with Crippen LogP contribution in [-0.2, 0) is 13.0 Å². The molecule has 0 fully saturated rings. The van der Waals surface area contributed by atoms with E-state index in [1.807, 2.05) is 24.3 Å². The molecule has 22 heavy (non-hydrogen) atoms. The van der Waals surface area contributed by atoms with E-state index in [1.165, 1.54) is 12.1 Å². The van der Waals surface area contributed by atoms with Gasteiger partial charge in [0.05, 0.1) is 11.0 Å². The molecule has 0 aromatic heterocycles. The van der Waals surface area contributed by atoms with Crippen LogP contribution in [0, 0.1) is 10.1 Å². The molecule has 1 aliphatic heterocycles. The topological polar surface area (TPSA) is 87.6 Å². The molecule has 2 aromatic rings. The highest BCUT2D eigenvalue weighted by Crippen LogP contribution is 2.35. The Morgan fingerprint density at radius 3 is 2.77 bits per heavy atom. The second kappa shape index (κ2) is 6.03. The number of hydrogen-bond acceptors (Lipinski definition) is 5. The molecule has 0 amide bonds. The van der Waals surface area contributed by atoms with Crippen molar-refractivity contribution in [1.29, 1.82) is 0 Å². The minimum Gasteiger partial charge on any atom is -0.486 e. The summed E-state index contributed by atoms with van der Waals surface area (Å²) in [5, 5.41) is 10.8. The fraction of sp³-hybridized carbons (Fsp3) is 0.250. The molecule has 114 valence electrons. The van der Waals surface area contributed by atoms with Gasteiger partial charge in [-0.3, -0.25) is 10.1 Å². The molecule has 0 radical (unpaired) electrons. The van der Waals surface area contributed by atoms with E-state index in [4.69, 9.17) is 15.2 Å². The summed E-state index contributed by atoms with van der Waals surface area (Å²) in [6.45, 7) is 0.905. The first-order valence-electron chi connectivity index (χ1n) is 7.01. The van der Waals surface area contributed by atoms with Gasteiger partial charge in [0.15, 0.2) is 11.5 Å².